The van der Waals surface area contributed by atoms with E-state index in [4.69, 9.17) is 0 Å². The summed E-state index contributed by atoms with van der Waals surface area (Å²) in [6.45, 7) is 2.14. The second kappa shape index (κ2) is 8.96. The van der Waals surface area contributed by atoms with Crippen molar-refractivity contribution < 1.29 is 18.3 Å². The third kappa shape index (κ3) is 6.40. The van der Waals surface area contributed by atoms with E-state index in [-0.39, 0.29) is 17.7 Å². The number of aromatic hydroxyl groups is 1. The molecule has 1 unspecified atom stereocenters. The highest BCUT2D eigenvalue weighted by atomic mass is 19.4. The van der Waals surface area contributed by atoms with Crippen molar-refractivity contribution in [2.45, 2.75) is 70.4 Å². The normalized spacial score (nSPS) is 13.3. The van der Waals surface area contributed by atoms with Crippen molar-refractivity contribution in [2.24, 2.45) is 0 Å². The summed E-state index contributed by atoms with van der Waals surface area (Å²) in [6.07, 6.45) is 2.74. The molecule has 1 atom stereocenters. The predicted molar refractivity (Wildman–Crippen MR) is 79.5 cm³/mol. The van der Waals surface area contributed by atoms with Gasteiger partial charge in [-0.2, -0.15) is 13.2 Å². The fourth-order valence-electron chi connectivity index (χ4n) is 2.58. The van der Waals surface area contributed by atoms with Gasteiger partial charge in [0.15, 0.2) is 0 Å². The molecule has 0 bridgehead atoms. The first-order valence-corrected chi connectivity index (χ1v) is 7.81. The smallest absolute Gasteiger partial charge is 0.395 e. The zero-order chi connectivity index (χ0) is 15.7. The summed E-state index contributed by atoms with van der Waals surface area (Å²) in [7, 11) is 0. The highest BCUT2D eigenvalue weighted by molar-refractivity contribution is 5.35. The molecule has 0 saturated heterocycles. The molecule has 0 saturated carbocycles. The Morgan fingerprint density at radius 1 is 0.952 bits per heavy atom. The SMILES string of the molecule is CCCCCCCCCC(c1ccccc1O)C(F)(F)F. The molecule has 0 heterocycles. The average Bonchev–Trinajstić information content (AvgIpc) is 2.42. The number of hydrogen-bond donors (Lipinski definition) is 1. The molecule has 4 heteroatoms. The van der Waals surface area contributed by atoms with Crippen molar-refractivity contribution in [3.63, 3.8) is 0 Å². The Morgan fingerprint density at radius 2 is 1.52 bits per heavy atom. The Balaban J connectivity index is 2.48. The third-order valence-electron chi connectivity index (χ3n) is 3.80. The molecule has 0 aliphatic heterocycles. The summed E-state index contributed by atoms with van der Waals surface area (Å²) in [6, 6.07) is 5.77. The molecule has 1 rings (SSSR count). The van der Waals surface area contributed by atoms with Gasteiger partial charge in [-0.15, -0.1) is 0 Å². The van der Waals surface area contributed by atoms with Crippen LogP contribution in [-0.4, -0.2) is 11.3 Å². The Labute approximate surface area is 125 Å². The molecule has 0 aromatic heterocycles. The van der Waals surface area contributed by atoms with Gasteiger partial charge in [-0.05, 0) is 12.5 Å². The lowest BCUT2D eigenvalue weighted by atomic mass is 9.91. The zero-order valence-corrected chi connectivity index (χ0v) is 12.6. The summed E-state index contributed by atoms with van der Waals surface area (Å²) < 4.78 is 39.5. The molecule has 120 valence electrons. The van der Waals surface area contributed by atoms with Gasteiger partial charge in [-0.25, -0.2) is 0 Å². The molecule has 0 aliphatic rings. The maximum atomic E-state index is 13.2. The van der Waals surface area contributed by atoms with Crippen molar-refractivity contribution in [3.8, 4) is 5.75 Å². The van der Waals surface area contributed by atoms with Crippen LogP contribution in [0.3, 0.4) is 0 Å². The van der Waals surface area contributed by atoms with Gasteiger partial charge in [0, 0.05) is 5.56 Å². The van der Waals surface area contributed by atoms with E-state index in [0.717, 1.165) is 19.3 Å². The predicted octanol–water partition coefficient (Wildman–Crippen LogP) is 6.18. The largest absolute Gasteiger partial charge is 0.508 e. The van der Waals surface area contributed by atoms with Crippen molar-refractivity contribution in [2.75, 3.05) is 0 Å². The lowest BCUT2D eigenvalue weighted by Crippen LogP contribution is -2.21. The Bertz CT molecular complexity index is 401. The van der Waals surface area contributed by atoms with Crippen molar-refractivity contribution in [1.29, 1.82) is 0 Å². The zero-order valence-electron chi connectivity index (χ0n) is 12.6. The van der Waals surface area contributed by atoms with E-state index in [9.17, 15) is 18.3 Å². The monoisotopic (exact) mass is 302 g/mol. The molecule has 1 nitrogen and oxygen atoms in total. The van der Waals surface area contributed by atoms with E-state index >= 15 is 0 Å². The number of benzene rings is 1. The number of alkyl halides is 3. The van der Waals surface area contributed by atoms with Crippen molar-refractivity contribution in [1.82, 2.24) is 0 Å². The van der Waals surface area contributed by atoms with Gasteiger partial charge >= 0.3 is 6.18 Å². The van der Waals surface area contributed by atoms with Gasteiger partial charge < -0.3 is 5.11 Å². The van der Waals surface area contributed by atoms with Gasteiger partial charge in [-0.3, -0.25) is 0 Å². The number of phenols is 1. The van der Waals surface area contributed by atoms with Crippen LogP contribution in [0.15, 0.2) is 24.3 Å². The molecule has 21 heavy (non-hydrogen) atoms. The van der Waals surface area contributed by atoms with Gasteiger partial charge in [0.2, 0.25) is 0 Å². The molecular weight excluding hydrogens is 277 g/mol. The third-order valence-corrected chi connectivity index (χ3v) is 3.80. The van der Waals surface area contributed by atoms with Crippen molar-refractivity contribution in [3.05, 3.63) is 29.8 Å². The molecule has 0 fully saturated rings. The van der Waals surface area contributed by atoms with E-state index in [2.05, 4.69) is 6.92 Å². The van der Waals surface area contributed by atoms with Gasteiger partial charge in [0.1, 0.15) is 5.75 Å². The fraction of sp³-hybridized carbons (Fsp3) is 0.647. The molecule has 0 spiro atoms. The van der Waals surface area contributed by atoms with Crippen LogP contribution in [0.25, 0.3) is 0 Å². The molecule has 0 amide bonds. The molecule has 0 radical (unpaired) electrons. The highest BCUT2D eigenvalue weighted by Crippen LogP contribution is 2.41. The second-order valence-corrected chi connectivity index (χ2v) is 5.56. The first-order chi connectivity index (χ1) is 9.96. The summed E-state index contributed by atoms with van der Waals surface area (Å²) >= 11 is 0. The van der Waals surface area contributed by atoms with E-state index in [1.165, 1.54) is 31.4 Å². The van der Waals surface area contributed by atoms with Crippen LogP contribution in [0.5, 0.6) is 5.75 Å². The van der Waals surface area contributed by atoms with Gasteiger partial charge in [-0.1, -0.05) is 70.1 Å². The fourth-order valence-corrected chi connectivity index (χ4v) is 2.58. The number of rotatable bonds is 9. The summed E-state index contributed by atoms with van der Waals surface area (Å²) in [4.78, 5) is 0. The number of hydrogen-bond acceptors (Lipinski definition) is 1. The van der Waals surface area contributed by atoms with Crippen LogP contribution in [0.4, 0.5) is 13.2 Å². The van der Waals surface area contributed by atoms with E-state index in [0.29, 0.717) is 6.42 Å². The van der Waals surface area contributed by atoms with E-state index in [1.807, 2.05) is 0 Å². The average molecular weight is 302 g/mol. The molecular formula is C17H25F3O. The van der Waals surface area contributed by atoms with Gasteiger partial charge in [0.25, 0.3) is 0 Å². The van der Waals surface area contributed by atoms with Crippen LogP contribution in [0.2, 0.25) is 0 Å². The maximum Gasteiger partial charge on any atom is 0.395 e. The second-order valence-electron chi connectivity index (χ2n) is 5.56. The van der Waals surface area contributed by atoms with Crippen LogP contribution in [0, 0.1) is 0 Å². The molecule has 1 N–H and O–H groups in total. The topological polar surface area (TPSA) is 20.2 Å². The number of para-hydroxylation sites is 1. The number of unbranched alkanes of at least 4 members (excludes halogenated alkanes) is 6. The van der Waals surface area contributed by atoms with Crippen LogP contribution < -0.4 is 0 Å². The minimum atomic E-state index is -4.30. The van der Waals surface area contributed by atoms with E-state index in [1.54, 1.807) is 12.1 Å². The quantitative estimate of drug-likeness (QED) is 0.540. The van der Waals surface area contributed by atoms with E-state index < -0.39 is 12.1 Å². The summed E-state index contributed by atoms with van der Waals surface area (Å²) in [5, 5.41) is 9.64. The Morgan fingerprint density at radius 3 is 2.10 bits per heavy atom. The van der Waals surface area contributed by atoms with Crippen molar-refractivity contribution >= 4 is 0 Å². The van der Waals surface area contributed by atoms with Crippen LogP contribution in [-0.2, 0) is 0 Å². The standard InChI is InChI=1S/C17H25F3O/c1-2-3-4-5-6-7-8-12-15(17(18,19)20)14-11-9-10-13-16(14)21/h9-11,13,15,21H,2-8,12H2,1H3. The first-order valence-electron chi connectivity index (χ1n) is 7.81. The lowest BCUT2D eigenvalue weighted by molar-refractivity contribution is -0.152. The number of phenolic OH excluding ortho intramolecular Hbond substituents is 1. The number of halogens is 3. The highest BCUT2D eigenvalue weighted by Gasteiger charge is 2.41. The minimum Gasteiger partial charge on any atom is -0.508 e. The molecule has 0 aliphatic carbocycles. The summed E-state index contributed by atoms with van der Waals surface area (Å²) in [5.41, 5.74) is -0.00372. The van der Waals surface area contributed by atoms with Crippen LogP contribution >= 0.6 is 0 Å². The Hall–Kier alpha value is -1.19. The minimum absolute atomic E-state index is 0.00372. The van der Waals surface area contributed by atoms with Gasteiger partial charge in [0.05, 0.1) is 5.92 Å². The maximum absolute atomic E-state index is 13.2. The lowest BCUT2D eigenvalue weighted by Gasteiger charge is -2.21. The first kappa shape index (κ1) is 17.9. The summed E-state index contributed by atoms with van der Waals surface area (Å²) in [5.74, 6) is -1.82. The molecule has 1 aromatic carbocycles. The molecule has 1 aromatic rings. The Kier molecular flexibility index (Phi) is 7.62. The van der Waals surface area contributed by atoms with Crippen LogP contribution in [0.1, 0.15) is 69.8 Å².